The molecule has 0 heterocycles. The lowest BCUT2D eigenvalue weighted by molar-refractivity contribution is -0.143. The number of allylic oxidation sites excluding steroid dienone is 2. The van der Waals surface area contributed by atoms with E-state index in [0.29, 0.717) is 25.9 Å². The summed E-state index contributed by atoms with van der Waals surface area (Å²) in [7, 11) is 0. The Kier molecular flexibility index (Phi) is 72.8. The van der Waals surface area contributed by atoms with Crippen LogP contribution in [0.5, 0.6) is 0 Å². The van der Waals surface area contributed by atoms with Crippen LogP contribution in [0.25, 0.3) is 0 Å². The van der Waals surface area contributed by atoms with Gasteiger partial charge in [0, 0.05) is 12.8 Å². The Morgan fingerprint density at radius 3 is 0.845 bits per heavy atom. The highest BCUT2D eigenvalue weighted by molar-refractivity contribution is 5.76. The standard InChI is InChI=1S/C78H153NO5/c1-3-5-7-9-11-13-15-17-19-20-21-22-23-28-31-34-37-40-43-46-50-54-58-62-66-70-76(81)75(74-80)79-77(82)71-67-63-59-55-51-47-44-41-38-35-32-29-26-24-25-27-30-33-36-39-42-45-49-53-57-61-65-69-73-84-78(83)72-68-64-60-56-52-48-18-16-14-12-10-8-6-4-2/h16,18,75-76,80-81H,3-15,17,19-74H2,1-2H3,(H,79,82)/b18-16-. The fourth-order valence-electron chi connectivity index (χ4n) is 12.6. The molecule has 0 aliphatic rings. The predicted octanol–water partition coefficient (Wildman–Crippen LogP) is 25.5. The van der Waals surface area contributed by atoms with Crippen LogP contribution in [-0.4, -0.2) is 47.4 Å². The first kappa shape index (κ1) is 82.6. The number of esters is 1. The van der Waals surface area contributed by atoms with Gasteiger partial charge in [-0.1, -0.05) is 398 Å². The molecule has 1 amide bonds. The van der Waals surface area contributed by atoms with Gasteiger partial charge in [0.1, 0.15) is 0 Å². The number of unbranched alkanes of at least 4 members (excludes halogenated alkanes) is 61. The molecule has 0 saturated heterocycles. The van der Waals surface area contributed by atoms with Crippen LogP contribution in [0.1, 0.15) is 450 Å². The van der Waals surface area contributed by atoms with Crippen LogP contribution in [0.15, 0.2) is 12.2 Å². The van der Waals surface area contributed by atoms with Crippen LogP contribution in [0, 0.1) is 0 Å². The maximum absolute atomic E-state index is 12.6. The fourth-order valence-corrected chi connectivity index (χ4v) is 12.6. The van der Waals surface area contributed by atoms with E-state index in [2.05, 4.69) is 31.3 Å². The second-order valence-corrected chi connectivity index (χ2v) is 27.0. The Hall–Kier alpha value is -1.40. The topological polar surface area (TPSA) is 95.9 Å². The third-order valence-electron chi connectivity index (χ3n) is 18.6. The van der Waals surface area contributed by atoms with E-state index in [1.165, 1.54) is 372 Å². The molecule has 0 fully saturated rings. The smallest absolute Gasteiger partial charge is 0.305 e. The zero-order chi connectivity index (χ0) is 60.6. The number of nitrogens with one attached hydrogen (secondary N) is 1. The molecule has 0 aliphatic carbocycles. The zero-order valence-corrected chi connectivity index (χ0v) is 57.4. The number of aliphatic hydroxyl groups is 2. The summed E-state index contributed by atoms with van der Waals surface area (Å²) in [6, 6.07) is -0.540. The molecule has 0 aliphatic heterocycles. The SMILES string of the molecule is CCCCCCC/C=C\CCCCCCCC(=O)OCCCCCCCCCCCCCCCCCCCCCCCCCCCCCCC(=O)NC(CO)C(O)CCCCCCCCCCCCCCCCCCCCCCCCCCC. The molecule has 6 nitrogen and oxygen atoms in total. The van der Waals surface area contributed by atoms with Crippen molar-refractivity contribution in [1.29, 1.82) is 0 Å². The summed E-state index contributed by atoms with van der Waals surface area (Å²) in [6.07, 6.45) is 92.9. The summed E-state index contributed by atoms with van der Waals surface area (Å²) in [4.78, 5) is 24.6. The molecule has 0 aromatic carbocycles. The molecule has 0 rings (SSSR count). The van der Waals surface area contributed by atoms with Gasteiger partial charge in [0.05, 0.1) is 25.4 Å². The molecule has 0 bridgehead atoms. The van der Waals surface area contributed by atoms with E-state index >= 15 is 0 Å². The van der Waals surface area contributed by atoms with Gasteiger partial charge in [-0.2, -0.15) is 0 Å². The summed E-state index contributed by atoms with van der Waals surface area (Å²) < 4.78 is 5.49. The van der Waals surface area contributed by atoms with Crippen LogP contribution in [-0.2, 0) is 14.3 Å². The number of aliphatic hydroxyl groups excluding tert-OH is 2. The molecule has 0 saturated carbocycles. The lowest BCUT2D eigenvalue weighted by Gasteiger charge is -2.22. The van der Waals surface area contributed by atoms with Gasteiger partial charge >= 0.3 is 5.97 Å². The first-order chi connectivity index (χ1) is 41.5. The number of hydrogen-bond acceptors (Lipinski definition) is 5. The van der Waals surface area contributed by atoms with E-state index in [4.69, 9.17) is 4.74 Å². The normalized spacial score (nSPS) is 12.5. The van der Waals surface area contributed by atoms with Crippen molar-refractivity contribution in [2.75, 3.05) is 13.2 Å². The third kappa shape index (κ3) is 69.7. The summed E-state index contributed by atoms with van der Waals surface area (Å²) in [5.41, 5.74) is 0. The molecular weight excluding hydrogens is 1030 g/mol. The van der Waals surface area contributed by atoms with E-state index in [1.807, 2.05) is 0 Å². The highest BCUT2D eigenvalue weighted by Crippen LogP contribution is 2.20. The largest absolute Gasteiger partial charge is 0.466 e. The Morgan fingerprint density at radius 2 is 0.560 bits per heavy atom. The first-order valence-electron chi connectivity index (χ1n) is 38.9. The van der Waals surface area contributed by atoms with Crippen LogP contribution in [0.4, 0.5) is 0 Å². The molecule has 84 heavy (non-hydrogen) atoms. The average Bonchev–Trinajstić information content (AvgIpc) is 3.51. The molecule has 0 aromatic rings. The fraction of sp³-hybridized carbons (Fsp3) is 0.949. The number of hydrogen-bond donors (Lipinski definition) is 3. The van der Waals surface area contributed by atoms with E-state index in [-0.39, 0.29) is 18.5 Å². The quantitative estimate of drug-likeness (QED) is 0.0320. The van der Waals surface area contributed by atoms with Crippen LogP contribution < -0.4 is 5.32 Å². The molecule has 500 valence electrons. The van der Waals surface area contributed by atoms with E-state index in [1.54, 1.807) is 0 Å². The van der Waals surface area contributed by atoms with Crippen molar-refractivity contribution in [2.24, 2.45) is 0 Å². The lowest BCUT2D eigenvalue weighted by Crippen LogP contribution is -2.45. The van der Waals surface area contributed by atoms with Gasteiger partial charge in [0.15, 0.2) is 0 Å². The minimum atomic E-state index is -0.663. The van der Waals surface area contributed by atoms with Crippen molar-refractivity contribution in [3.05, 3.63) is 12.2 Å². The van der Waals surface area contributed by atoms with Gasteiger partial charge in [-0.15, -0.1) is 0 Å². The van der Waals surface area contributed by atoms with Gasteiger partial charge in [-0.25, -0.2) is 0 Å². The van der Waals surface area contributed by atoms with Gasteiger partial charge in [-0.3, -0.25) is 9.59 Å². The lowest BCUT2D eigenvalue weighted by atomic mass is 10.0. The van der Waals surface area contributed by atoms with E-state index in [9.17, 15) is 19.8 Å². The first-order valence-corrected chi connectivity index (χ1v) is 38.9. The highest BCUT2D eigenvalue weighted by atomic mass is 16.5. The van der Waals surface area contributed by atoms with Crippen molar-refractivity contribution >= 4 is 11.9 Å². The van der Waals surface area contributed by atoms with Crippen molar-refractivity contribution in [3.8, 4) is 0 Å². The summed E-state index contributed by atoms with van der Waals surface area (Å²) in [5, 5.41) is 23.5. The number of rotatable bonds is 74. The Morgan fingerprint density at radius 1 is 0.321 bits per heavy atom. The molecule has 0 aromatic heterocycles. The van der Waals surface area contributed by atoms with Crippen LogP contribution >= 0.6 is 0 Å². The minimum absolute atomic E-state index is 0.0116. The molecule has 3 N–H and O–H groups in total. The molecule has 0 radical (unpaired) electrons. The Balaban J connectivity index is 3.34. The Bertz CT molecular complexity index is 1270. The van der Waals surface area contributed by atoms with Crippen molar-refractivity contribution in [2.45, 2.75) is 463 Å². The molecule has 2 unspecified atom stereocenters. The number of amides is 1. The Labute approximate surface area is 527 Å². The summed E-state index contributed by atoms with van der Waals surface area (Å²) in [5.74, 6) is -0.0141. The van der Waals surface area contributed by atoms with Crippen molar-refractivity contribution < 1.29 is 24.5 Å². The molecule has 0 spiro atoms. The zero-order valence-electron chi connectivity index (χ0n) is 57.4. The van der Waals surface area contributed by atoms with Crippen molar-refractivity contribution in [3.63, 3.8) is 0 Å². The maximum Gasteiger partial charge on any atom is 0.305 e. The summed E-state index contributed by atoms with van der Waals surface area (Å²) >= 11 is 0. The average molecular weight is 1190 g/mol. The number of carbonyl (C=O) groups excluding carboxylic acids is 2. The third-order valence-corrected chi connectivity index (χ3v) is 18.6. The molecule has 6 heteroatoms. The van der Waals surface area contributed by atoms with Gasteiger partial charge in [-0.05, 0) is 51.4 Å². The second-order valence-electron chi connectivity index (χ2n) is 27.0. The van der Waals surface area contributed by atoms with Gasteiger partial charge < -0.3 is 20.3 Å². The predicted molar refractivity (Wildman–Crippen MR) is 370 cm³/mol. The number of carbonyl (C=O) groups is 2. The van der Waals surface area contributed by atoms with Gasteiger partial charge in [0.2, 0.25) is 5.91 Å². The monoisotopic (exact) mass is 1180 g/mol. The van der Waals surface area contributed by atoms with Crippen LogP contribution in [0.2, 0.25) is 0 Å². The van der Waals surface area contributed by atoms with Crippen molar-refractivity contribution in [1.82, 2.24) is 5.32 Å². The summed E-state index contributed by atoms with van der Waals surface area (Å²) in [6.45, 7) is 5.00. The second kappa shape index (κ2) is 74.1. The maximum atomic E-state index is 12.6. The van der Waals surface area contributed by atoms with E-state index in [0.717, 1.165) is 44.9 Å². The van der Waals surface area contributed by atoms with E-state index < -0.39 is 12.1 Å². The highest BCUT2D eigenvalue weighted by Gasteiger charge is 2.20. The molecular formula is C78H153NO5. The number of ether oxygens (including phenoxy) is 1. The van der Waals surface area contributed by atoms with Gasteiger partial charge in [0.25, 0.3) is 0 Å². The molecule has 2 atom stereocenters. The van der Waals surface area contributed by atoms with Crippen LogP contribution in [0.3, 0.4) is 0 Å². The minimum Gasteiger partial charge on any atom is -0.466 e.